The minimum Gasteiger partial charge on any atom is -0.347 e. The second-order valence-corrected chi connectivity index (χ2v) is 7.20. The highest BCUT2D eigenvalue weighted by Crippen LogP contribution is 2.23. The molecular formula is C18H19N5O2S. The summed E-state index contributed by atoms with van der Waals surface area (Å²) in [6.07, 6.45) is 8.61. The van der Waals surface area contributed by atoms with Crippen LogP contribution in [-0.4, -0.2) is 32.1 Å². The summed E-state index contributed by atoms with van der Waals surface area (Å²) in [5, 5.41) is 9.22. The quantitative estimate of drug-likeness (QED) is 0.705. The predicted octanol–water partition coefficient (Wildman–Crippen LogP) is 3.71. The van der Waals surface area contributed by atoms with Crippen molar-refractivity contribution in [3.05, 3.63) is 34.8 Å². The first-order valence-electron chi connectivity index (χ1n) is 8.81. The maximum absolute atomic E-state index is 12.5. The number of aromatic nitrogens is 4. The molecule has 0 bridgehead atoms. The summed E-state index contributed by atoms with van der Waals surface area (Å²) >= 11 is 1.28. The molecule has 0 aromatic carbocycles. The van der Waals surface area contributed by atoms with E-state index in [0.717, 1.165) is 12.8 Å². The van der Waals surface area contributed by atoms with Crippen LogP contribution in [0.5, 0.6) is 0 Å². The van der Waals surface area contributed by atoms with Crippen LogP contribution in [0.15, 0.2) is 34.3 Å². The average Bonchev–Trinajstić information content (AvgIpc) is 3.28. The van der Waals surface area contributed by atoms with E-state index in [1.54, 1.807) is 17.6 Å². The van der Waals surface area contributed by atoms with Gasteiger partial charge < -0.3 is 9.84 Å². The number of nitrogens with one attached hydrogen (secondary N) is 1. The van der Waals surface area contributed by atoms with Crippen molar-refractivity contribution in [2.75, 3.05) is 0 Å². The van der Waals surface area contributed by atoms with Gasteiger partial charge >= 0.3 is 0 Å². The van der Waals surface area contributed by atoms with Gasteiger partial charge in [-0.25, -0.2) is 4.98 Å². The second kappa shape index (κ2) is 7.74. The van der Waals surface area contributed by atoms with Crippen LogP contribution in [-0.2, 0) is 0 Å². The van der Waals surface area contributed by atoms with Crippen LogP contribution in [0.25, 0.3) is 23.1 Å². The van der Waals surface area contributed by atoms with E-state index in [9.17, 15) is 4.79 Å². The van der Waals surface area contributed by atoms with Crippen LogP contribution in [0, 0.1) is 0 Å². The Balaban J connectivity index is 1.46. The molecule has 0 unspecified atom stereocenters. The monoisotopic (exact) mass is 369 g/mol. The largest absolute Gasteiger partial charge is 0.347 e. The van der Waals surface area contributed by atoms with E-state index in [1.165, 1.54) is 37.0 Å². The first kappa shape index (κ1) is 16.8. The van der Waals surface area contributed by atoms with Gasteiger partial charge in [0, 0.05) is 17.6 Å². The fourth-order valence-corrected chi connectivity index (χ4v) is 3.77. The Hall–Kier alpha value is -2.61. The second-order valence-electron chi connectivity index (χ2n) is 6.34. The Morgan fingerprint density at radius 2 is 1.96 bits per heavy atom. The standard InChI is InChI=1S/C18H19N5O2S/c24-16(20-12-7-3-1-2-4-8-12)18-21-14(11-26-18)17-22-15(23-25-17)13-9-5-6-10-19-13/h5-6,9-12H,1-4,7-8H2,(H,20,24). The van der Waals surface area contributed by atoms with Crippen molar-refractivity contribution in [2.24, 2.45) is 0 Å². The van der Waals surface area contributed by atoms with Crippen molar-refractivity contribution >= 4 is 17.2 Å². The van der Waals surface area contributed by atoms with Crippen LogP contribution in [0.3, 0.4) is 0 Å². The van der Waals surface area contributed by atoms with Gasteiger partial charge in [-0.05, 0) is 25.0 Å². The molecule has 0 spiro atoms. The van der Waals surface area contributed by atoms with Gasteiger partial charge in [-0.1, -0.05) is 36.9 Å². The van der Waals surface area contributed by atoms with Gasteiger partial charge in [0.15, 0.2) is 5.01 Å². The fourth-order valence-electron chi connectivity index (χ4n) is 3.07. The van der Waals surface area contributed by atoms with Crippen molar-refractivity contribution < 1.29 is 9.32 Å². The number of hydrogen-bond acceptors (Lipinski definition) is 7. The van der Waals surface area contributed by atoms with E-state index in [2.05, 4.69) is 25.4 Å². The van der Waals surface area contributed by atoms with Crippen molar-refractivity contribution in [1.29, 1.82) is 0 Å². The Labute approximate surface area is 154 Å². The van der Waals surface area contributed by atoms with Crippen molar-refractivity contribution in [2.45, 2.75) is 44.6 Å². The summed E-state index contributed by atoms with van der Waals surface area (Å²) in [6.45, 7) is 0. The van der Waals surface area contributed by atoms with Crippen LogP contribution < -0.4 is 5.32 Å². The lowest BCUT2D eigenvalue weighted by Gasteiger charge is -2.14. The number of nitrogens with zero attached hydrogens (tertiary/aromatic N) is 4. The molecule has 3 heterocycles. The van der Waals surface area contributed by atoms with Crippen molar-refractivity contribution in [3.63, 3.8) is 0 Å². The maximum atomic E-state index is 12.5. The summed E-state index contributed by atoms with van der Waals surface area (Å²) in [6, 6.07) is 5.74. The Kier molecular flexibility index (Phi) is 5.01. The molecule has 0 radical (unpaired) electrons. The average molecular weight is 369 g/mol. The van der Waals surface area contributed by atoms with Crippen LogP contribution >= 0.6 is 11.3 Å². The number of carbonyl (C=O) groups excluding carboxylic acids is 1. The van der Waals surface area contributed by atoms with Gasteiger partial charge in [0.1, 0.15) is 11.4 Å². The fraction of sp³-hybridized carbons (Fsp3) is 0.389. The molecule has 0 saturated heterocycles. The number of carbonyl (C=O) groups is 1. The summed E-state index contributed by atoms with van der Waals surface area (Å²) in [4.78, 5) is 25.3. The molecule has 0 atom stereocenters. The number of hydrogen-bond donors (Lipinski definition) is 1. The molecular weight excluding hydrogens is 350 g/mol. The van der Waals surface area contributed by atoms with Crippen molar-refractivity contribution in [3.8, 4) is 23.1 Å². The first-order chi connectivity index (χ1) is 12.8. The summed E-state index contributed by atoms with van der Waals surface area (Å²) in [7, 11) is 0. The smallest absolute Gasteiger partial charge is 0.280 e. The third-order valence-electron chi connectivity index (χ3n) is 4.43. The Morgan fingerprint density at radius 3 is 2.73 bits per heavy atom. The van der Waals surface area contributed by atoms with E-state index in [-0.39, 0.29) is 17.8 Å². The molecule has 1 saturated carbocycles. The van der Waals surface area contributed by atoms with E-state index >= 15 is 0 Å². The van der Waals surface area contributed by atoms with Gasteiger partial charge in [-0.3, -0.25) is 9.78 Å². The molecule has 4 rings (SSSR count). The number of pyridine rings is 1. The van der Waals surface area contributed by atoms with Gasteiger partial charge in [-0.15, -0.1) is 11.3 Å². The molecule has 8 heteroatoms. The lowest BCUT2D eigenvalue weighted by molar-refractivity contribution is 0.0933. The number of thiazole rings is 1. The third kappa shape index (κ3) is 3.80. The third-order valence-corrected chi connectivity index (χ3v) is 5.27. The molecule has 134 valence electrons. The van der Waals surface area contributed by atoms with Gasteiger partial charge in [0.2, 0.25) is 5.82 Å². The highest BCUT2D eigenvalue weighted by atomic mass is 32.1. The molecule has 1 fully saturated rings. The highest BCUT2D eigenvalue weighted by Gasteiger charge is 2.20. The van der Waals surface area contributed by atoms with E-state index in [1.807, 2.05) is 12.1 Å². The zero-order valence-electron chi connectivity index (χ0n) is 14.2. The van der Waals surface area contributed by atoms with Gasteiger partial charge in [0.25, 0.3) is 11.8 Å². The zero-order chi connectivity index (χ0) is 17.8. The lowest BCUT2D eigenvalue weighted by Crippen LogP contribution is -2.34. The molecule has 3 aromatic heterocycles. The van der Waals surface area contributed by atoms with Crippen LogP contribution in [0.2, 0.25) is 0 Å². The molecule has 1 amide bonds. The van der Waals surface area contributed by atoms with Crippen molar-refractivity contribution in [1.82, 2.24) is 25.4 Å². The first-order valence-corrected chi connectivity index (χ1v) is 9.69. The molecule has 0 aliphatic heterocycles. The SMILES string of the molecule is O=C(NC1CCCCCC1)c1nc(-c2nc(-c3ccccn3)no2)cs1. The topological polar surface area (TPSA) is 93.8 Å². The summed E-state index contributed by atoms with van der Waals surface area (Å²) in [5.41, 5.74) is 1.14. The summed E-state index contributed by atoms with van der Waals surface area (Å²) in [5.74, 6) is 0.561. The summed E-state index contributed by atoms with van der Waals surface area (Å²) < 4.78 is 5.28. The minimum atomic E-state index is -0.127. The maximum Gasteiger partial charge on any atom is 0.280 e. The number of amides is 1. The molecule has 1 aliphatic carbocycles. The Bertz CT molecular complexity index is 869. The molecule has 7 nitrogen and oxygen atoms in total. The molecule has 3 aromatic rings. The van der Waals surface area contributed by atoms with Crippen LogP contribution in [0.1, 0.15) is 48.3 Å². The van der Waals surface area contributed by atoms with E-state index in [0.29, 0.717) is 22.2 Å². The molecule has 1 aliphatic rings. The van der Waals surface area contributed by atoms with Gasteiger partial charge in [-0.2, -0.15) is 4.98 Å². The van der Waals surface area contributed by atoms with E-state index in [4.69, 9.17) is 4.52 Å². The predicted molar refractivity (Wildman–Crippen MR) is 97.6 cm³/mol. The van der Waals surface area contributed by atoms with Gasteiger partial charge in [0.05, 0.1) is 0 Å². The normalized spacial score (nSPS) is 15.5. The molecule has 1 N–H and O–H groups in total. The van der Waals surface area contributed by atoms with Crippen LogP contribution in [0.4, 0.5) is 0 Å². The highest BCUT2D eigenvalue weighted by molar-refractivity contribution is 7.12. The zero-order valence-corrected chi connectivity index (χ0v) is 15.0. The minimum absolute atomic E-state index is 0.127. The lowest BCUT2D eigenvalue weighted by atomic mass is 10.1. The Morgan fingerprint density at radius 1 is 1.12 bits per heavy atom. The van der Waals surface area contributed by atoms with E-state index < -0.39 is 0 Å². The number of rotatable bonds is 4. The molecule has 26 heavy (non-hydrogen) atoms.